The molecule has 150 valence electrons. The van der Waals surface area contributed by atoms with E-state index in [1.54, 1.807) is 23.1 Å². The summed E-state index contributed by atoms with van der Waals surface area (Å²) >= 11 is 0. The summed E-state index contributed by atoms with van der Waals surface area (Å²) in [5.74, 6) is 0.408. The number of carbonyl (C=O) groups is 1. The molecule has 0 spiro atoms. The summed E-state index contributed by atoms with van der Waals surface area (Å²) in [4.78, 5) is 22.9. The van der Waals surface area contributed by atoms with Crippen LogP contribution in [0, 0.1) is 25.6 Å². The van der Waals surface area contributed by atoms with Crippen LogP contribution in [0.5, 0.6) is 0 Å². The van der Waals surface area contributed by atoms with Gasteiger partial charge in [0.05, 0.1) is 17.7 Å². The van der Waals surface area contributed by atoms with Crippen LogP contribution in [0.4, 0.5) is 20.7 Å². The summed E-state index contributed by atoms with van der Waals surface area (Å²) in [5.41, 5.74) is 9.68. The van der Waals surface area contributed by atoms with Gasteiger partial charge in [-0.05, 0) is 49.7 Å². The molecule has 0 atom stereocenters. The zero-order valence-corrected chi connectivity index (χ0v) is 16.4. The molecule has 0 unspecified atom stereocenters. The molecule has 3 N–H and O–H groups in total. The highest BCUT2D eigenvalue weighted by molar-refractivity contribution is 5.92. The number of aromatic nitrogens is 3. The smallest absolute Gasteiger partial charge is 0.323 e. The van der Waals surface area contributed by atoms with E-state index in [4.69, 9.17) is 5.73 Å². The first-order valence-electron chi connectivity index (χ1n) is 9.46. The minimum atomic E-state index is -0.298. The third-order valence-corrected chi connectivity index (χ3v) is 5.24. The molecule has 0 radical (unpaired) electrons. The van der Waals surface area contributed by atoms with E-state index in [0.29, 0.717) is 36.2 Å². The van der Waals surface area contributed by atoms with E-state index < -0.39 is 0 Å². The Balaban J connectivity index is 1.42. The van der Waals surface area contributed by atoms with Crippen molar-refractivity contribution in [3.8, 4) is 11.3 Å². The average Bonchev–Trinajstić information content (AvgIpc) is 3.04. The van der Waals surface area contributed by atoms with E-state index in [0.717, 1.165) is 23.4 Å². The first-order valence-corrected chi connectivity index (χ1v) is 9.46. The number of benzene rings is 1. The lowest BCUT2D eigenvalue weighted by Crippen LogP contribution is -2.53. The maximum absolute atomic E-state index is 13.4. The van der Waals surface area contributed by atoms with Gasteiger partial charge in [0.1, 0.15) is 5.82 Å². The molecule has 2 aromatic heterocycles. The van der Waals surface area contributed by atoms with Gasteiger partial charge in [0, 0.05) is 43.0 Å². The minimum Gasteiger partial charge on any atom is -0.396 e. The molecule has 3 heterocycles. The van der Waals surface area contributed by atoms with Crippen molar-refractivity contribution in [3.63, 3.8) is 0 Å². The Morgan fingerprint density at radius 1 is 1.28 bits per heavy atom. The fourth-order valence-corrected chi connectivity index (χ4v) is 3.52. The summed E-state index contributed by atoms with van der Waals surface area (Å²) in [6.45, 7) is 6.01. The fraction of sp³-hybridized carbons (Fsp3) is 0.286. The zero-order chi connectivity index (χ0) is 20.5. The number of hydrogen-bond donors (Lipinski definition) is 2. The number of aryl methyl sites for hydroxylation is 2. The number of amides is 2. The Morgan fingerprint density at radius 3 is 2.76 bits per heavy atom. The van der Waals surface area contributed by atoms with Crippen molar-refractivity contribution in [2.75, 3.05) is 24.1 Å². The van der Waals surface area contributed by atoms with Gasteiger partial charge < -0.3 is 15.2 Å². The molecule has 2 amide bonds. The van der Waals surface area contributed by atoms with E-state index in [1.165, 1.54) is 12.1 Å². The van der Waals surface area contributed by atoms with Gasteiger partial charge in [0.15, 0.2) is 5.82 Å². The number of imidazole rings is 1. The normalized spacial score (nSPS) is 14.0. The Morgan fingerprint density at radius 2 is 2.07 bits per heavy atom. The van der Waals surface area contributed by atoms with Crippen LogP contribution >= 0.6 is 0 Å². The third kappa shape index (κ3) is 3.91. The number of pyridine rings is 1. The summed E-state index contributed by atoms with van der Waals surface area (Å²) in [7, 11) is 0. The minimum absolute atomic E-state index is 0.226. The highest BCUT2D eigenvalue weighted by atomic mass is 19.1. The van der Waals surface area contributed by atoms with E-state index in [-0.39, 0.29) is 11.8 Å². The van der Waals surface area contributed by atoms with Crippen molar-refractivity contribution in [1.29, 1.82) is 0 Å². The molecule has 4 rings (SSSR count). The van der Waals surface area contributed by atoms with Crippen LogP contribution < -0.4 is 11.1 Å². The maximum atomic E-state index is 13.4. The van der Waals surface area contributed by atoms with Gasteiger partial charge in [-0.3, -0.25) is 5.32 Å². The van der Waals surface area contributed by atoms with Crippen molar-refractivity contribution >= 4 is 17.5 Å². The number of nitrogens with two attached hydrogens (primary N) is 1. The number of urea groups is 1. The molecular formula is C21H23FN6O. The molecule has 8 heteroatoms. The number of nitrogen functional groups attached to an aromatic ring is 1. The van der Waals surface area contributed by atoms with E-state index in [9.17, 15) is 9.18 Å². The van der Waals surface area contributed by atoms with E-state index in [1.807, 2.05) is 26.4 Å². The number of nitrogens with zero attached hydrogens (tertiary/aromatic N) is 4. The lowest BCUT2D eigenvalue weighted by atomic mass is 10.0. The maximum Gasteiger partial charge on any atom is 0.323 e. The van der Waals surface area contributed by atoms with Crippen molar-refractivity contribution in [2.24, 2.45) is 5.92 Å². The number of rotatable bonds is 4. The molecule has 29 heavy (non-hydrogen) atoms. The molecule has 0 bridgehead atoms. The topological polar surface area (TPSA) is 89.1 Å². The zero-order valence-electron chi connectivity index (χ0n) is 16.4. The number of halogens is 1. The van der Waals surface area contributed by atoms with Gasteiger partial charge in [-0.1, -0.05) is 0 Å². The number of likely N-dealkylation sites (tertiary alicyclic amines) is 1. The second-order valence-corrected chi connectivity index (χ2v) is 7.48. The Labute approximate surface area is 168 Å². The van der Waals surface area contributed by atoms with Gasteiger partial charge in [0.25, 0.3) is 0 Å². The van der Waals surface area contributed by atoms with Crippen LogP contribution in [0.2, 0.25) is 0 Å². The Bertz CT molecular complexity index is 1060. The summed E-state index contributed by atoms with van der Waals surface area (Å²) in [5, 5.41) is 2.80. The fourth-order valence-electron chi connectivity index (χ4n) is 3.52. The average molecular weight is 394 g/mol. The molecule has 3 aromatic rings. The van der Waals surface area contributed by atoms with Crippen molar-refractivity contribution < 1.29 is 9.18 Å². The third-order valence-electron chi connectivity index (χ3n) is 5.24. The van der Waals surface area contributed by atoms with Crippen LogP contribution in [0.1, 0.15) is 11.3 Å². The van der Waals surface area contributed by atoms with Crippen LogP contribution in [0.25, 0.3) is 11.3 Å². The van der Waals surface area contributed by atoms with Gasteiger partial charge in [-0.2, -0.15) is 0 Å². The quantitative estimate of drug-likeness (QED) is 0.709. The number of hydrogen-bond acceptors (Lipinski definition) is 4. The van der Waals surface area contributed by atoms with E-state index in [2.05, 4.69) is 19.9 Å². The van der Waals surface area contributed by atoms with Crippen LogP contribution in [0.3, 0.4) is 0 Å². The number of anilines is 2. The molecule has 7 nitrogen and oxygen atoms in total. The molecule has 0 saturated carbocycles. The highest BCUT2D eigenvalue weighted by Crippen LogP contribution is 2.27. The van der Waals surface area contributed by atoms with Crippen molar-refractivity contribution in [2.45, 2.75) is 20.4 Å². The number of nitrogens with one attached hydrogen (secondary N) is 1. The van der Waals surface area contributed by atoms with Crippen molar-refractivity contribution in [1.82, 2.24) is 19.4 Å². The van der Waals surface area contributed by atoms with Gasteiger partial charge in [-0.15, -0.1) is 0 Å². The highest BCUT2D eigenvalue weighted by Gasteiger charge is 2.31. The second kappa shape index (κ2) is 7.54. The molecule has 1 aliphatic heterocycles. The van der Waals surface area contributed by atoms with Gasteiger partial charge >= 0.3 is 6.03 Å². The summed E-state index contributed by atoms with van der Waals surface area (Å²) < 4.78 is 15.5. The summed E-state index contributed by atoms with van der Waals surface area (Å²) in [6, 6.07) is 7.75. The van der Waals surface area contributed by atoms with Gasteiger partial charge in [0.2, 0.25) is 0 Å². The summed E-state index contributed by atoms with van der Waals surface area (Å²) in [6.07, 6.45) is 3.64. The Kier molecular flexibility index (Phi) is 4.92. The molecule has 0 aliphatic carbocycles. The van der Waals surface area contributed by atoms with Crippen LogP contribution in [-0.2, 0) is 6.54 Å². The van der Waals surface area contributed by atoms with Crippen molar-refractivity contribution in [3.05, 3.63) is 59.9 Å². The van der Waals surface area contributed by atoms with Crippen LogP contribution in [-0.4, -0.2) is 38.6 Å². The lowest BCUT2D eigenvalue weighted by molar-refractivity contribution is 0.119. The monoisotopic (exact) mass is 394 g/mol. The largest absolute Gasteiger partial charge is 0.396 e. The molecule has 1 aromatic carbocycles. The molecule has 1 fully saturated rings. The second-order valence-electron chi connectivity index (χ2n) is 7.48. The van der Waals surface area contributed by atoms with Crippen LogP contribution in [0.15, 0.2) is 42.9 Å². The predicted octanol–water partition coefficient (Wildman–Crippen LogP) is 3.45. The van der Waals surface area contributed by atoms with Gasteiger partial charge in [-0.25, -0.2) is 19.2 Å². The standard InChI is InChI=1S/C21H23FN6O/c1-13-7-16(22)3-4-17(13)19-6-5-18(23)20(25-19)26-21(29)27-9-15(10-27)11-28-12-24-8-14(28)2/h3-8,12,15H,9-11,23H2,1-2H3,(H,25,26,29). The lowest BCUT2D eigenvalue weighted by Gasteiger charge is -2.39. The predicted molar refractivity (Wildman–Crippen MR) is 110 cm³/mol. The number of carbonyl (C=O) groups excluding carboxylic acids is 1. The van der Waals surface area contributed by atoms with E-state index >= 15 is 0 Å². The first kappa shape index (κ1) is 18.9. The first-order chi connectivity index (χ1) is 13.9. The molecule has 1 aliphatic rings. The SMILES string of the molecule is Cc1cc(F)ccc1-c1ccc(N)c(NC(=O)N2CC(Cn3cncc3C)C2)n1. The molecular weight excluding hydrogens is 371 g/mol. The molecule has 1 saturated heterocycles. The Hall–Kier alpha value is -3.42.